The van der Waals surface area contributed by atoms with Crippen LogP contribution in [0.15, 0.2) is 54.6 Å². The van der Waals surface area contributed by atoms with Crippen molar-refractivity contribution in [1.82, 2.24) is 9.78 Å². The van der Waals surface area contributed by atoms with E-state index < -0.39 is 0 Å². The van der Waals surface area contributed by atoms with E-state index in [2.05, 4.69) is 79.0 Å². The number of aryl methyl sites for hydroxylation is 2. The van der Waals surface area contributed by atoms with Crippen molar-refractivity contribution in [3.05, 3.63) is 77.1 Å². The second-order valence-corrected chi connectivity index (χ2v) is 7.70. The van der Waals surface area contributed by atoms with Gasteiger partial charge in [0.15, 0.2) is 5.11 Å². The molecule has 1 atom stereocenters. The lowest BCUT2D eigenvalue weighted by Crippen LogP contribution is -2.19. The SMILES string of the molecule is CCC(C)c1ccc(NC(=S)Nc2cccc(Cn3nc(C)cc3C)c2)cc1. The van der Waals surface area contributed by atoms with E-state index in [1.165, 1.54) is 11.1 Å². The molecule has 1 heterocycles. The lowest BCUT2D eigenvalue weighted by molar-refractivity contribution is 0.659. The van der Waals surface area contributed by atoms with Crippen molar-refractivity contribution < 1.29 is 0 Å². The van der Waals surface area contributed by atoms with Crippen LogP contribution < -0.4 is 10.6 Å². The molecular formula is C23H28N4S. The Labute approximate surface area is 173 Å². The maximum atomic E-state index is 5.48. The number of rotatable bonds is 6. The smallest absolute Gasteiger partial charge is 0.175 e. The molecule has 2 N–H and O–H groups in total. The average Bonchev–Trinajstić information content (AvgIpc) is 2.98. The van der Waals surface area contributed by atoms with E-state index in [9.17, 15) is 0 Å². The summed E-state index contributed by atoms with van der Waals surface area (Å²) in [6.45, 7) is 9.29. The average molecular weight is 393 g/mol. The van der Waals surface area contributed by atoms with Gasteiger partial charge in [-0.05, 0) is 79.9 Å². The Morgan fingerprint density at radius 1 is 1.04 bits per heavy atom. The van der Waals surface area contributed by atoms with Gasteiger partial charge >= 0.3 is 0 Å². The first kappa shape index (κ1) is 20.1. The Balaban J connectivity index is 1.62. The number of anilines is 2. The summed E-state index contributed by atoms with van der Waals surface area (Å²) in [5.41, 5.74) is 6.68. The van der Waals surface area contributed by atoms with Crippen LogP contribution in [0.25, 0.3) is 0 Å². The van der Waals surface area contributed by atoms with Gasteiger partial charge < -0.3 is 10.6 Å². The van der Waals surface area contributed by atoms with Crippen molar-refractivity contribution in [1.29, 1.82) is 0 Å². The van der Waals surface area contributed by atoms with Gasteiger partial charge in [0.05, 0.1) is 12.2 Å². The molecule has 0 fully saturated rings. The first-order valence-corrected chi connectivity index (χ1v) is 10.1. The molecule has 1 unspecified atom stereocenters. The number of nitrogens with zero attached hydrogens (tertiary/aromatic N) is 2. The Morgan fingerprint density at radius 3 is 2.39 bits per heavy atom. The van der Waals surface area contributed by atoms with Crippen molar-refractivity contribution in [3.63, 3.8) is 0 Å². The highest BCUT2D eigenvalue weighted by atomic mass is 32.1. The quantitative estimate of drug-likeness (QED) is 0.515. The number of thiocarbonyl (C=S) groups is 1. The molecule has 28 heavy (non-hydrogen) atoms. The normalized spacial score (nSPS) is 11.9. The van der Waals surface area contributed by atoms with Crippen molar-refractivity contribution >= 4 is 28.7 Å². The van der Waals surface area contributed by atoms with E-state index in [0.717, 1.165) is 35.7 Å². The van der Waals surface area contributed by atoms with Gasteiger partial charge in [0.25, 0.3) is 0 Å². The fourth-order valence-electron chi connectivity index (χ4n) is 3.18. The maximum absolute atomic E-state index is 5.48. The van der Waals surface area contributed by atoms with Crippen LogP contribution in [-0.4, -0.2) is 14.9 Å². The highest BCUT2D eigenvalue weighted by molar-refractivity contribution is 7.80. The molecule has 0 spiro atoms. The molecule has 0 saturated carbocycles. The van der Waals surface area contributed by atoms with Gasteiger partial charge in [-0.25, -0.2) is 0 Å². The molecule has 0 amide bonds. The van der Waals surface area contributed by atoms with Crippen LogP contribution in [-0.2, 0) is 6.54 Å². The molecule has 3 aromatic rings. The van der Waals surface area contributed by atoms with E-state index in [1.807, 2.05) is 23.7 Å². The van der Waals surface area contributed by atoms with Crippen LogP contribution in [0.1, 0.15) is 48.7 Å². The third-order valence-electron chi connectivity index (χ3n) is 4.97. The highest BCUT2D eigenvalue weighted by Crippen LogP contribution is 2.21. The third kappa shape index (κ3) is 5.20. The molecule has 4 nitrogen and oxygen atoms in total. The number of hydrogen-bond donors (Lipinski definition) is 2. The molecule has 5 heteroatoms. The van der Waals surface area contributed by atoms with Gasteiger partial charge in [-0.1, -0.05) is 38.1 Å². The van der Waals surface area contributed by atoms with E-state index in [-0.39, 0.29) is 0 Å². The van der Waals surface area contributed by atoms with Gasteiger partial charge in [-0.3, -0.25) is 4.68 Å². The van der Waals surface area contributed by atoms with Gasteiger partial charge in [0.2, 0.25) is 0 Å². The molecular weight excluding hydrogens is 364 g/mol. The van der Waals surface area contributed by atoms with Gasteiger partial charge in [0.1, 0.15) is 0 Å². The second kappa shape index (κ2) is 9.02. The Morgan fingerprint density at radius 2 is 1.75 bits per heavy atom. The first-order valence-electron chi connectivity index (χ1n) is 9.72. The molecule has 0 saturated heterocycles. The molecule has 2 aromatic carbocycles. The third-order valence-corrected chi connectivity index (χ3v) is 5.17. The molecule has 146 valence electrons. The van der Waals surface area contributed by atoms with Crippen molar-refractivity contribution in [2.45, 2.75) is 46.6 Å². The fourth-order valence-corrected chi connectivity index (χ4v) is 3.42. The molecule has 0 aliphatic heterocycles. The predicted octanol–water partition coefficient (Wildman–Crippen LogP) is 5.87. The van der Waals surface area contributed by atoms with E-state index >= 15 is 0 Å². The summed E-state index contributed by atoms with van der Waals surface area (Å²) >= 11 is 5.48. The number of benzene rings is 2. The predicted molar refractivity (Wildman–Crippen MR) is 122 cm³/mol. The minimum Gasteiger partial charge on any atom is -0.332 e. The Bertz CT molecular complexity index is 943. The highest BCUT2D eigenvalue weighted by Gasteiger charge is 2.05. The zero-order valence-electron chi connectivity index (χ0n) is 17.0. The topological polar surface area (TPSA) is 41.9 Å². The number of aromatic nitrogens is 2. The van der Waals surface area contributed by atoms with E-state index in [1.54, 1.807) is 0 Å². The fraction of sp³-hybridized carbons (Fsp3) is 0.304. The molecule has 1 aromatic heterocycles. The maximum Gasteiger partial charge on any atom is 0.175 e. The Kier molecular flexibility index (Phi) is 6.47. The molecule has 0 bridgehead atoms. The van der Waals surface area contributed by atoms with Crippen LogP contribution >= 0.6 is 12.2 Å². The van der Waals surface area contributed by atoms with Crippen LogP contribution in [0.5, 0.6) is 0 Å². The molecule has 3 rings (SSSR count). The van der Waals surface area contributed by atoms with Crippen LogP contribution in [0, 0.1) is 13.8 Å². The summed E-state index contributed by atoms with van der Waals surface area (Å²) in [4.78, 5) is 0. The number of hydrogen-bond acceptors (Lipinski definition) is 2. The van der Waals surface area contributed by atoms with Crippen molar-refractivity contribution in [3.8, 4) is 0 Å². The summed E-state index contributed by atoms with van der Waals surface area (Å²) in [5.74, 6) is 0.573. The monoisotopic (exact) mass is 392 g/mol. The zero-order valence-corrected chi connectivity index (χ0v) is 17.8. The summed E-state index contributed by atoms with van der Waals surface area (Å²) in [6.07, 6.45) is 1.14. The van der Waals surface area contributed by atoms with Crippen molar-refractivity contribution in [2.24, 2.45) is 0 Å². The zero-order chi connectivity index (χ0) is 20.1. The minimum atomic E-state index is 0.573. The standard InChI is InChI=1S/C23H28N4S/c1-5-16(2)20-9-11-21(12-10-20)24-23(28)25-22-8-6-7-19(14-22)15-27-18(4)13-17(3)26-27/h6-14,16H,5,15H2,1-4H3,(H2,24,25,28). The summed E-state index contributed by atoms with van der Waals surface area (Å²) in [7, 11) is 0. The van der Waals surface area contributed by atoms with E-state index in [0.29, 0.717) is 11.0 Å². The summed E-state index contributed by atoms with van der Waals surface area (Å²) in [5, 5.41) is 11.7. The van der Waals surface area contributed by atoms with Gasteiger partial charge in [-0.2, -0.15) is 5.10 Å². The van der Waals surface area contributed by atoms with E-state index in [4.69, 9.17) is 12.2 Å². The van der Waals surface area contributed by atoms with Gasteiger partial charge in [0, 0.05) is 17.1 Å². The molecule has 0 radical (unpaired) electrons. The van der Waals surface area contributed by atoms with Crippen LogP contribution in [0.2, 0.25) is 0 Å². The summed E-state index contributed by atoms with van der Waals surface area (Å²) in [6, 6.07) is 18.8. The largest absolute Gasteiger partial charge is 0.332 e. The first-order chi connectivity index (χ1) is 13.4. The van der Waals surface area contributed by atoms with Crippen LogP contribution in [0.3, 0.4) is 0 Å². The second-order valence-electron chi connectivity index (χ2n) is 7.30. The lowest BCUT2D eigenvalue weighted by Gasteiger charge is -2.13. The van der Waals surface area contributed by atoms with Crippen molar-refractivity contribution in [2.75, 3.05) is 10.6 Å². The minimum absolute atomic E-state index is 0.573. The van der Waals surface area contributed by atoms with Gasteiger partial charge in [-0.15, -0.1) is 0 Å². The number of nitrogens with one attached hydrogen (secondary N) is 2. The van der Waals surface area contributed by atoms with Crippen LogP contribution in [0.4, 0.5) is 11.4 Å². The molecule has 0 aliphatic carbocycles. The Hall–Kier alpha value is -2.66. The lowest BCUT2D eigenvalue weighted by atomic mass is 9.99. The molecule has 0 aliphatic rings. The summed E-state index contributed by atoms with van der Waals surface area (Å²) < 4.78 is 2.02.